The molecule has 0 unspecified atom stereocenters. The second kappa shape index (κ2) is 8.76. The van der Waals surface area contributed by atoms with Crippen LogP contribution in [0.3, 0.4) is 0 Å². The van der Waals surface area contributed by atoms with Gasteiger partial charge in [-0.05, 0) is 31.2 Å². The molecule has 1 aromatic carbocycles. The number of hydrogen-bond donors (Lipinski definition) is 0. The summed E-state index contributed by atoms with van der Waals surface area (Å²) in [4.78, 5) is 14.0. The average Bonchev–Trinajstić information content (AvgIpc) is 2.67. The molecule has 1 aliphatic rings. The van der Waals surface area contributed by atoms with Gasteiger partial charge in [-0.2, -0.15) is 0 Å². The summed E-state index contributed by atoms with van der Waals surface area (Å²) in [6.07, 6.45) is 0. The third-order valence-electron chi connectivity index (χ3n) is 4.92. The Labute approximate surface area is 172 Å². The highest BCUT2D eigenvalue weighted by atomic mass is 35.5. The molecule has 1 aromatic heterocycles. The molecular weight excluding hydrogens is 396 g/mol. The molecule has 0 radical (unpaired) electrons. The molecule has 152 valence electrons. The summed E-state index contributed by atoms with van der Waals surface area (Å²) in [6, 6.07) is 8.38. The maximum absolute atomic E-state index is 12.5. The minimum atomic E-state index is -3.30. The van der Waals surface area contributed by atoms with Crippen LogP contribution in [-0.4, -0.2) is 61.8 Å². The molecule has 0 bridgehead atoms. The first-order valence-electron chi connectivity index (χ1n) is 9.56. The third kappa shape index (κ3) is 5.21. The van der Waals surface area contributed by atoms with E-state index >= 15 is 0 Å². The Bertz CT molecular complexity index is 908. The largest absolute Gasteiger partial charge is 0.354 e. The Morgan fingerprint density at radius 1 is 1.07 bits per heavy atom. The van der Waals surface area contributed by atoms with Crippen LogP contribution < -0.4 is 4.90 Å². The van der Waals surface area contributed by atoms with E-state index in [0.717, 1.165) is 43.5 Å². The van der Waals surface area contributed by atoms with Gasteiger partial charge in [-0.25, -0.2) is 18.4 Å². The van der Waals surface area contributed by atoms with Crippen LogP contribution in [-0.2, 0) is 9.84 Å². The first-order valence-corrected chi connectivity index (χ1v) is 11.6. The number of aryl methyl sites for hydroxylation is 1. The number of sulfone groups is 1. The summed E-state index contributed by atoms with van der Waals surface area (Å²) >= 11 is 5.84. The van der Waals surface area contributed by atoms with E-state index in [-0.39, 0.29) is 11.7 Å². The number of rotatable bonds is 6. The minimum absolute atomic E-state index is 0.110. The average molecular weight is 423 g/mol. The van der Waals surface area contributed by atoms with Crippen molar-refractivity contribution in [1.29, 1.82) is 0 Å². The van der Waals surface area contributed by atoms with E-state index in [2.05, 4.69) is 28.6 Å². The molecule has 2 heterocycles. The highest BCUT2D eigenvalue weighted by molar-refractivity contribution is 7.91. The molecule has 2 aromatic rings. The van der Waals surface area contributed by atoms with Crippen molar-refractivity contribution in [3.05, 3.63) is 46.9 Å². The van der Waals surface area contributed by atoms with Gasteiger partial charge in [0.05, 0.1) is 10.6 Å². The minimum Gasteiger partial charge on any atom is -0.354 e. The van der Waals surface area contributed by atoms with Crippen molar-refractivity contribution in [3.8, 4) is 0 Å². The Morgan fingerprint density at radius 2 is 1.71 bits per heavy atom. The Morgan fingerprint density at radius 3 is 2.32 bits per heavy atom. The number of anilines is 1. The number of hydrogen-bond acceptors (Lipinski definition) is 6. The number of nitrogens with zero attached hydrogens (tertiary/aromatic N) is 4. The van der Waals surface area contributed by atoms with Crippen LogP contribution in [0.15, 0.2) is 35.2 Å². The van der Waals surface area contributed by atoms with Gasteiger partial charge >= 0.3 is 0 Å². The van der Waals surface area contributed by atoms with Crippen LogP contribution in [0.1, 0.15) is 31.3 Å². The lowest BCUT2D eigenvalue weighted by atomic mass is 10.2. The fraction of sp³-hybridized carbons (Fsp3) is 0.500. The van der Waals surface area contributed by atoms with E-state index in [1.165, 1.54) is 0 Å². The normalized spacial score (nSPS) is 16.0. The molecule has 28 heavy (non-hydrogen) atoms. The molecule has 0 saturated carbocycles. The highest BCUT2D eigenvalue weighted by Gasteiger charge is 2.22. The standard InChI is InChI=1S/C20H27ClN4O2S/c1-15(2)20-22-16(3)14-19(23-20)25-10-8-24(9-11-25)12-13-28(26,27)18-6-4-17(21)5-7-18/h4-7,14-15H,8-13H2,1-3H3. The number of piperazine rings is 1. The fourth-order valence-corrected chi connectivity index (χ4v) is 4.62. The molecule has 3 rings (SSSR count). The van der Waals surface area contributed by atoms with Gasteiger partial charge in [-0.15, -0.1) is 0 Å². The monoisotopic (exact) mass is 422 g/mol. The summed E-state index contributed by atoms with van der Waals surface area (Å²) in [5.74, 6) is 2.23. The Balaban J connectivity index is 1.56. The van der Waals surface area contributed by atoms with E-state index in [1.54, 1.807) is 24.3 Å². The topological polar surface area (TPSA) is 66.4 Å². The summed E-state index contributed by atoms with van der Waals surface area (Å²) in [5, 5.41) is 0.538. The van der Waals surface area contributed by atoms with E-state index in [1.807, 2.05) is 13.0 Å². The maximum Gasteiger partial charge on any atom is 0.179 e. The lowest BCUT2D eigenvalue weighted by molar-refractivity contribution is 0.271. The van der Waals surface area contributed by atoms with Crippen LogP contribution in [0.5, 0.6) is 0 Å². The predicted octanol–water partition coefficient (Wildman–Crippen LogP) is 3.16. The van der Waals surface area contributed by atoms with Gasteiger partial charge < -0.3 is 4.90 Å². The van der Waals surface area contributed by atoms with Crippen LogP contribution in [0, 0.1) is 6.92 Å². The zero-order chi connectivity index (χ0) is 20.3. The lowest BCUT2D eigenvalue weighted by Crippen LogP contribution is -2.48. The van der Waals surface area contributed by atoms with Gasteiger partial charge in [0.2, 0.25) is 0 Å². The second-order valence-corrected chi connectivity index (χ2v) is 10.0. The van der Waals surface area contributed by atoms with E-state index in [4.69, 9.17) is 16.6 Å². The van der Waals surface area contributed by atoms with Crippen molar-refractivity contribution in [2.45, 2.75) is 31.6 Å². The predicted molar refractivity (Wildman–Crippen MR) is 113 cm³/mol. The summed E-state index contributed by atoms with van der Waals surface area (Å²) < 4.78 is 25.0. The maximum atomic E-state index is 12.5. The van der Waals surface area contributed by atoms with Crippen molar-refractivity contribution in [3.63, 3.8) is 0 Å². The highest BCUT2D eigenvalue weighted by Crippen LogP contribution is 2.19. The SMILES string of the molecule is Cc1cc(N2CCN(CCS(=O)(=O)c3ccc(Cl)cc3)CC2)nc(C(C)C)n1. The van der Waals surface area contributed by atoms with Crippen LogP contribution in [0.25, 0.3) is 0 Å². The molecule has 1 saturated heterocycles. The smallest absolute Gasteiger partial charge is 0.179 e. The molecule has 0 N–H and O–H groups in total. The van der Waals surface area contributed by atoms with Crippen LogP contribution in [0.4, 0.5) is 5.82 Å². The molecule has 1 fully saturated rings. The Hall–Kier alpha value is -1.70. The molecule has 0 spiro atoms. The summed E-state index contributed by atoms with van der Waals surface area (Å²) in [7, 11) is -3.30. The summed E-state index contributed by atoms with van der Waals surface area (Å²) in [5.41, 5.74) is 0.977. The van der Waals surface area contributed by atoms with Crippen molar-refractivity contribution in [1.82, 2.24) is 14.9 Å². The molecule has 1 aliphatic heterocycles. The number of aromatic nitrogens is 2. The van der Waals surface area contributed by atoms with Crippen LogP contribution >= 0.6 is 11.6 Å². The van der Waals surface area contributed by atoms with Crippen LogP contribution in [0.2, 0.25) is 5.02 Å². The first-order chi connectivity index (χ1) is 13.2. The van der Waals surface area contributed by atoms with Crippen molar-refractivity contribution in [2.75, 3.05) is 43.4 Å². The Kier molecular flexibility index (Phi) is 6.58. The molecule has 0 amide bonds. The van der Waals surface area contributed by atoms with E-state index in [9.17, 15) is 8.42 Å². The number of benzene rings is 1. The molecular formula is C20H27ClN4O2S. The van der Waals surface area contributed by atoms with Gasteiger partial charge in [0, 0.05) is 55.4 Å². The lowest BCUT2D eigenvalue weighted by Gasteiger charge is -2.35. The van der Waals surface area contributed by atoms with Crippen molar-refractivity contribution in [2.24, 2.45) is 0 Å². The van der Waals surface area contributed by atoms with Crippen molar-refractivity contribution >= 4 is 27.3 Å². The van der Waals surface area contributed by atoms with Gasteiger partial charge in [-0.1, -0.05) is 25.4 Å². The van der Waals surface area contributed by atoms with E-state index < -0.39 is 9.84 Å². The van der Waals surface area contributed by atoms with Gasteiger partial charge in [0.15, 0.2) is 9.84 Å². The fourth-order valence-electron chi connectivity index (χ4n) is 3.20. The molecule has 0 aliphatic carbocycles. The number of halogens is 1. The third-order valence-corrected chi connectivity index (χ3v) is 6.88. The molecule has 6 nitrogen and oxygen atoms in total. The first kappa shape index (κ1) is 21.0. The molecule has 8 heteroatoms. The summed E-state index contributed by atoms with van der Waals surface area (Å²) in [6.45, 7) is 10.00. The molecule has 0 atom stereocenters. The zero-order valence-electron chi connectivity index (χ0n) is 16.6. The zero-order valence-corrected chi connectivity index (χ0v) is 18.2. The van der Waals surface area contributed by atoms with Gasteiger partial charge in [0.1, 0.15) is 11.6 Å². The quantitative estimate of drug-likeness (QED) is 0.712. The van der Waals surface area contributed by atoms with Crippen molar-refractivity contribution < 1.29 is 8.42 Å². The van der Waals surface area contributed by atoms with Gasteiger partial charge in [0.25, 0.3) is 0 Å². The second-order valence-electron chi connectivity index (χ2n) is 7.48. The van der Waals surface area contributed by atoms with Gasteiger partial charge in [-0.3, -0.25) is 4.90 Å². The van der Waals surface area contributed by atoms with E-state index in [0.29, 0.717) is 16.5 Å².